The van der Waals surface area contributed by atoms with E-state index >= 15 is 0 Å². The number of nitrogens with zero attached hydrogens (tertiary/aromatic N) is 2. The van der Waals surface area contributed by atoms with E-state index in [-0.39, 0.29) is 25.4 Å². The Kier molecular flexibility index (Phi) is 4.22. The van der Waals surface area contributed by atoms with E-state index in [0.29, 0.717) is 5.56 Å². The van der Waals surface area contributed by atoms with E-state index in [1.54, 1.807) is 6.92 Å². The summed E-state index contributed by atoms with van der Waals surface area (Å²) in [5.74, 6) is -0.381. The molecule has 0 spiro atoms. The van der Waals surface area contributed by atoms with Crippen molar-refractivity contribution >= 4 is 5.91 Å². The van der Waals surface area contributed by atoms with Crippen LogP contribution >= 0.6 is 0 Å². The number of nitrogens with one attached hydrogen (secondary N) is 2. The molecule has 1 heterocycles. The van der Waals surface area contributed by atoms with Gasteiger partial charge in [-0.2, -0.15) is 5.26 Å². The first kappa shape index (κ1) is 12.7. The molecule has 0 aliphatic carbocycles. The summed E-state index contributed by atoms with van der Waals surface area (Å²) >= 11 is 0. The summed E-state index contributed by atoms with van der Waals surface area (Å²) in [5.41, 5.74) is -0.735. The van der Waals surface area contributed by atoms with Crippen LogP contribution in [0, 0.1) is 18.3 Å². The summed E-state index contributed by atoms with van der Waals surface area (Å²) in [6.45, 7) is 1.61. The highest BCUT2D eigenvalue weighted by Gasteiger charge is 2.05. The van der Waals surface area contributed by atoms with Crippen LogP contribution in [0.4, 0.5) is 0 Å². The van der Waals surface area contributed by atoms with Gasteiger partial charge in [0.25, 0.3) is 5.56 Å². The second-order valence-corrected chi connectivity index (χ2v) is 3.46. The minimum absolute atomic E-state index is 0.179. The number of aromatic amines is 1. The molecule has 1 amide bonds. The van der Waals surface area contributed by atoms with Gasteiger partial charge in [0.2, 0.25) is 5.91 Å². The van der Waals surface area contributed by atoms with Crippen molar-refractivity contribution in [3.63, 3.8) is 0 Å². The molecule has 0 saturated carbocycles. The summed E-state index contributed by atoms with van der Waals surface area (Å²) in [7, 11) is 0. The number of amides is 1. The van der Waals surface area contributed by atoms with Crippen LogP contribution in [0.5, 0.6) is 0 Å². The molecule has 0 atom stereocenters. The quantitative estimate of drug-likeness (QED) is 0.645. The van der Waals surface area contributed by atoms with E-state index < -0.39 is 11.2 Å². The number of carbonyl (C=O) groups is 1. The number of aromatic nitrogens is 2. The molecule has 0 fully saturated rings. The van der Waals surface area contributed by atoms with Crippen LogP contribution in [-0.2, 0) is 11.3 Å². The topological polar surface area (TPSA) is 108 Å². The van der Waals surface area contributed by atoms with E-state index in [1.807, 2.05) is 6.07 Å². The van der Waals surface area contributed by atoms with Gasteiger partial charge in [-0.1, -0.05) is 0 Å². The van der Waals surface area contributed by atoms with Crippen molar-refractivity contribution in [3.05, 3.63) is 32.6 Å². The van der Waals surface area contributed by atoms with E-state index in [0.717, 1.165) is 4.57 Å². The fourth-order valence-electron chi connectivity index (χ4n) is 1.20. The lowest BCUT2D eigenvalue weighted by Crippen LogP contribution is -2.36. The van der Waals surface area contributed by atoms with Gasteiger partial charge in [-0.3, -0.25) is 19.1 Å². The summed E-state index contributed by atoms with van der Waals surface area (Å²) in [6, 6.07) is 1.88. The van der Waals surface area contributed by atoms with Crippen molar-refractivity contribution in [2.24, 2.45) is 0 Å². The fourth-order valence-corrected chi connectivity index (χ4v) is 1.20. The van der Waals surface area contributed by atoms with Crippen LogP contribution in [0.1, 0.15) is 12.0 Å². The molecule has 1 aromatic rings. The molecule has 1 aromatic heterocycles. The maximum absolute atomic E-state index is 11.4. The standard InChI is InChI=1S/C10H12N4O3/c1-7-5-14(10(17)13-9(7)16)6-8(15)12-4-2-3-11/h5H,2,4,6H2,1H3,(H,12,15)(H,13,16,17). The molecule has 7 nitrogen and oxygen atoms in total. The molecule has 1 rings (SSSR count). The maximum atomic E-state index is 11.4. The number of rotatable bonds is 4. The first-order chi connectivity index (χ1) is 8.04. The summed E-state index contributed by atoms with van der Waals surface area (Å²) in [6.07, 6.45) is 1.54. The molecule has 2 N–H and O–H groups in total. The van der Waals surface area contributed by atoms with Crippen molar-refractivity contribution in [2.45, 2.75) is 19.9 Å². The molecule has 0 aliphatic rings. The van der Waals surface area contributed by atoms with Crippen molar-refractivity contribution in [1.82, 2.24) is 14.9 Å². The Morgan fingerprint density at radius 1 is 1.59 bits per heavy atom. The number of hydrogen-bond acceptors (Lipinski definition) is 4. The number of H-pyrrole nitrogens is 1. The van der Waals surface area contributed by atoms with Gasteiger partial charge in [0.15, 0.2) is 0 Å². The minimum atomic E-state index is -0.629. The summed E-state index contributed by atoms with van der Waals surface area (Å²) in [5, 5.41) is 10.8. The van der Waals surface area contributed by atoms with E-state index in [4.69, 9.17) is 5.26 Å². The van der Waals surface area contributed by atoms with E-state index in [2.05, 4.69) is 10.3 Å². The number of hydrogen-bond donors (Lipinski definition) is 2. The lowest BCUT2D eigenvalue weighted by molar-refractivity contribution is -0.121. The normalized spacial score (nSPS) is 9.65. The van der Waals surface area contributed by atoms with Crippen molar-refractivity contribution < 1.29 is 4.79 Å². The average Bonchev–Trinajstić information content (AvgIpc) is 2.26. The maximum Gasteiger partial charge on any atom is 0.328 e. The first-order valence-electron chi connectivity index (χ1n) is 4.98. The molecule has 90 valence electrons. The Balaban J connectivity index is 2.73. The number of carbonyl (C=O) groups excluding carboxylic acids is 1. The molecule has 7 heteroatoms. The predicted molar refractivity (Wildman–Crippen MR) is 59.3 cm³/mol. The predicted octanol–water partition coefficient (Wildman–Crippen LogP) is -1.13. The molecule has 0 radical (unpaired) electrons. The molecular weight excluding hydrogens is 224 g/mol. The number of aryl methyl sites for hydroxylation is 1. The summed E-state index contributed by atoms with van der Waals surface area (Å²) in [4.78, 5) is 35.9. The van der Waals surface area contributed by atoms with Gasteiger partial charge in [-0.05, 0) is 6.92 Å². The Morgan fingerprint density at radius 2 is 2.29 bits per heavy atom. The van der Waals surface area contributed by atoms with Crippen molar-refractivity contribution in [2.75, 3.05) is 6.54 Å². The Labute approximate surface area is 96.7 Å². The monoisotopic (exact) mass is 236 g/mol. The molecule has 0 aliphatic heterocycles. The second-order valence-electron chi connectivity index (χ2n) is 3.46. The average molecular weight is 236 g/mol. The fraction of sp³-hybridized carbons (Fsp3) is 0.400. The van der Waals surface area contributed by atoms with Gasteiger partial charge in [0.05, 0.1) is 12.5 Å². The highest BCUT2D eigenvalue weighted by Crippen LogP contribution is 1.84. The van der Waals surface area contributed by atoms with E-state index in [1.165, 1.54) is 6.20 Å². The Morgan fingerprint density at radius 3 is 2.94 bits per heavy atom. The van der Waals surface area contributed by atoms with Crippen LogP contribution in [0.3, 0.4) is 0 Å². The molecular formula is C10H12N4O3. The lowest BCUT2D eigenvalue weighted by atomic mass is 10.4. The molecule has 0 aromatic carbocycles. The van der Waals surface area contributed by atoms with Gasteiger partial charge < -0.3 is 5.32 Å². The Hall–Kier alpha value is -2.36. The van der Waals surface area contributed by atoms with E-state index in [9.17, 15) is 14.4 Å². The third-order valence-electron chi connectivity index (χ3n) is 2.06. The van der Waals surface area contributed by atoms with Crippen LogP contribution in [0.25, 0.3) is 0 Å². The zero-order valence-corrected chi connectivity index (χ0v) is 9.32. The van der Waals surface area contributed by atoms with Gasteiger partial charge in [0.1, 0.15) is 6.54 Å². The third kappa shape index (κ3) is 3.61. The Bertz CT molecular complexity index is 564. The molecule has 0 unspecified atom stereocenters. The largest absolute Gasteiger partial charge is 0.354 e. The SMILES string of the molecule is Cc1cn(CC(=O)NCCC#N)c(=O)[nH]c1=O. The van der Waals surface area contributed by atoms with Crippen molar-refractivity contribution in [3.8, 4) is 6.07 Å². The summed E-state index contributed by atoms with van der Waals surface area (Å²) < 4.78 is 1.11. The van der Waals surface area contributed by atoms with Crippen LogP contribution in [-0.4, -0.2) is 22.0 Å². The molecule has 17 heavy (non-hydrogen) atoms. The highest BCUT2D eigenvalue weighted by molar-refractivity contribution is 5.75. The second kappa shape index (κ2) is 5.65. The van der Waals surface area contributed by atoms with Crippen LogP contribution < -0.4 is 16.6 Å². The zero-order valence-electron chi connectivity index (χ0n) is 9.32. The third-order valence-corrected chi connectivity index (χ3v) is 2.06. The zero-order chi connectivity index (χ0) is 12.8. The van der Waals surface area contributed by atoms with Gasteiger partial charge >= 0.3 is 5.69 Å². The highest BCUT2D eigenvalue weighted by atomic mass is 16.2. The number of nitriles is 1. The van der Waals surface area contributed by atoms with Gasteiger partial charge in [-0.25, -0.2) is 4.79 Å². The lowest BCUT2D eigenvalue weighted by Gasteiger charge is -2.05. The van der Waals surface area contributed by atoms with Crippen molar-refractivity contribution in [1.29, 1.82) is 5.26 Å². The smallest absolute Gasteiger partial charge is 0.328 e. The van der Waals surface area contributed by atoms with Gasteiger partial charge in [0, 0.05) is 18.3 Å². The minimum Gasteiger partial charge on any atom is -0.354 e. The molecule has 0 bridgehead atoms. The molecule has 0 saturated heterocycles. The van der Waals surface area contributed by atoms with Crippen LogP contribution in [0.2, 0.25) is 0 Å². The van der Waals surface area contributed by atoms with Gasteiger partial charge in [-0.15, -0.1) is 0 Å². The van der Waals surface area contributed by atoms with Crippen LogP contribution in [0.15, 0.2) is 15.8 Å². The first-order valence-corrected chi connectivity index (χ1v) is 4.98.